The molecule has 0 saturated heterocycles. The summed E-state index contributed by atoms with van der Waals surface area (Å²) < 4.78 is 12.8. The average molecular weight is 613 g/mol. The highest BCUT2D eigenvalue weighted by Crippen LogP contribution is 2.51. The number of ether oxygens (including phenoxy) is 2. The van der Waals surface area contributed by atoms with E-state index in [2.05, 4.69) is 146 Å². The van der Waals surface area contributed by atoms with Crippen LogP contribution in [0.15, 0.2) is 170 Å². The Morgan fingerprint density at radius 3 is 1.42 bits per heavy atom. The van der Waals surface area contributed by atoms with Crippen LogP contribution in [0.3, 0.4) is 0 Å². The van der Waals surface area contributed by atoms with E-state index in [4.69, 9.17) is 9.47 Å². The van der Waals surface area contributed by atoms with Gasteiger partial charge in [-0.15, -0.1) is 0 Å². The molecule has 0 N–H and O–H groups in total. The lowest BCUT2D eigenvalue weighted by atomic mass is 9.85. The first kappa shape index (κ1) is 26.8. The van der Waals surface area contributed by atoms with Crippen LogP contribution in [0, 0.1) is 0 Å². The fourth-order valence-electron chi connectivity index (χ4n) is 7.51. The maximum absolute atomic E-state index is 6.38. The van der Waals surface area contributed by atoms with Gasteiger partial charge in [0.2, 0.25) is 0 Å². The first-order valence-corrected chi connectivity index (χ1v) is 16.3. The van der Waals surface area contributed by atoms with Gasteiger partial charge in [-0.1, -0.05) is 140 Å². The van der Waals surface area contributed by atoms with E-state index in [-0.39, 0.29) is 0 Å². The molecule has 0 spiro atoms. The molecule has 9 aromatic rings. The van der Waals surface area contributed by atoms with Gasteiger partial charge in [-0.2, -0.15) is 0 Å². The molecule has 0 aromatic heterocycles. The van der Waals surface area contributed by atoms with E-state index >= 15 is 0 Å². The summed E-state index contributed by atoms with van der Waals surface area (Å²) >= 11 is 0. The van der Waals surface area contributed by atoms with Crippen LogP contribution in [0.2, 0.25) is 0 Å². The summed E-state index contributed by atoms with van der Waals surface area (Å²) in [5.74, 6) is 2.96. The molecule has 9 aromatic carbocycles. The minimum atomic E-state index is 0.731. The molecule has 0 atom stereocenters. The van der Waals surface area contributed by atoms with E-state index in [1.807, 2.05) is 24.3 Å². The molecule has 0 aliphatic carbocycles. The molecular weight excluding hydrogens is 585 g/mol. The first-order chi connectivity index (χ1) is 23.8. The molecule has 0 radical (unpaired) electrons. The van der Waals surface area contributed by atoms with Crippen LogP contribution in [0.1, 0.15) is 0 Å². The SMILES string of the molecule is c1ccc(-c2c3ccccc3c(-c3ccc4cc(-c5cc6c(c7ccccc57)Oc5ccccc5O6)ccc4c3)c3ccccc23)cc1. The number of hydrogen-bond acceptors (Lipinski definition) is 2. The van der Waals surface area contributed by atoms with Crippen LogP contribution in [0.5, 0.6) is 23.0 Å². The predicted molar refractivity (Wildman–Crippen MR) is 199 cm³/mol. The quantitative estimate of drug-likeness (QED) is 0.185. The van der Waals surface area contributed by atoms with E-state index < -0.39 is 0 Å². The maximum atomic E-state index is 6.38. The molecular formula is C46H28O2. The van der Waals surface area contributed by atoms with Gasteiger partial charge in [0.05, 0.1) is 0 Å². The molecule has 0 fully saturated rings. The Bertz CT molecular complexity index is 2670. The second-order valence-corrected chi connectivity index (χ2v) is 12.4. The zero-order chi connectivity index (χ0) is 31.6. The van der Waals surface area contributed by atoms with Crippen molar-refractivity contribution < 1.29 is 9.47 Å². The summed E-state index contributed by atoms with van der Waals surface area (Å²) in [5.41, 5.74) is 7.26. The third-order valence-corrected chi connectivity index (χ3v) is 9.68. The summed E-state index contributed by atoms with van der Waals surface area (Å²) in [6, 6.07) is 60.4. The molecule has 2 nitrogen and oxygen atoms in total. The number of benzene rings is 9. The zero-order valence-electron chi connectivity index (χ0n) is 26.0. The topological polar surface area (TPSA) is 18.5 Å². The van der Waals surface area contributed by atoms with Gasteiger partial charge in [-0.25, -0.2) is 0 Å². The Morgan fingerprint density at radius 2 is 0.771 bits per heavy atom. The summed E-state index contributed by atoms with van der Waals surface area (Å²) in [5, 5.41) is 9.61. The second-order valence-electron chi connectivity index (χ2n) is 12.4. The number of hydrogen-bond donors (Lipinski definition) is 0. The molecule has 0 saturated carbocycles. The van der Waals surface area contributed by atoms with Gasteiger partial charge < -0.3 is 9.47 Å². The molecule has 2 heteroatoms. The highest BCUT2D eigenvalue weighted by atomic mass is 16.6. The molecule has 224 valence electrons. The summed E-state index contributed by atoms with van der Waals surface area (Å²) in [6.07, 6.45) is 0. The van der Waals surface area contributed by atoms with E-state index in [0.717, 1.165) is 44.9 Å². The van der Waals surface area contributed by atoms with Crippen LogP contribution in [0.25, 0.3) is 76.5 Å². The van der Waals surface area contributed by atoms with Crippen molar-refractivity contribution in [2.75, 3.05) is 0 Å². The minimum absolute atomic E-state index is 0.731. The van der Waals surface area contributed by atoms with Gasteiger partial charge >= 0.3 is 0 Å². The van der Waals surface area contributed by atoms with Gasteiger partial charge in [0.25, 0.3) is 0 Å². The Labute approximate surface area is 278 Å². The minimum Gasteiger partial charge on any atom is -0.449 e. The van der Waals surface area contributed by atoms with Crippen LogP contribution < -0.4 is 9.47 Å². The van der Waals surface area contributed by atoms with Crippen molar-refractivity contribution in [2.45, 2.75) is 0 Å². The summed E-state index contributed by atoms with van der Waals surface area (Å²) in [7, 11) is 0. The van der Waals surface area contributed by atoms with E-state index in [1.165, 1.54) is 54.6 Å². The van der Waals surface area contributed by atoms with Crippen molar-refractivity contribution in [3.63, 3.8) is 0 Å². The third kappa shape index (κ3) is 4.13. The fraction of sp³-hybridized carbons (Fsp3) is 0. The van der Waals surface area contributed by atoms with Crippen LogP contribution in [-0.2, 0) is 0 Å². The lowest BCUT2D eigenvalue weighted by Crippen LogP contribution is -2.00. The van der Waals surface area contributed by atoms with Gasteiger partial charge in [-0.05, 0) is 101 Å². The Morgan fingerprint density at radius 1 is 0.292 bits per heavy atom. The standard InChI is InChI=1S/C46H28O2/c1-2-12-29(13-3-1)44-35-15-5-7-17-37(35)45(38-18-8-6-16-36(38)44)33-25-23-30-26-32(24-22-31(30)27-33)40-28-43-46(39-19-9-4-14-34(39)40)48-42-21-11-10-20-41(42)47-43/h1-28H. The average Bonchev–Trinajstić information content (AvgIpc) is 3.16. The van der Waals surface area contributed by atoms with Crippen molar-refractivity contribution in [1.29, 1.82) is 0 Å². The van der Waals surface area contributed by atoms with Gasteiger partial charge in [-0.3, -0.25) is 0 Å². The third-order valence-electron chi connectivity index (χ3n) is 9.68. The molecule has 0 amide bonds. The van der Waals surface area contributed by atoms with Crippen LogP contribution in [0.4, 0.5) is 0 Å². The molecule has 48 heavy (non-hydrogen) atoms. The zero-order valence-corrected chi connectivity index (χ0v) is 26.0. The predicted octanol–water partition coefficient (Wildman–Crippen LogP) is 13.2. The van der Waals surface area contributed by atoms with Crippen LogP contribution >= 0.6 is 0 Å². The molecule has 1 aliphatic heterocycles. The van der Waals surface area contributed by atoms with Crippen molar-refractivity contribution >= 4 is 43.1 Å². The largest absolute Gasteiger partial charge is 0.449 e. The molecule has 1 aliphatic rings. The van der Waals surface area contributed by atoms with Crippen molar-refractivity contribution in [3.05, 3.63) is 170 Å². The maximum Gasteiger partial charge on any atom is 0.177 e. The van der Waals surface area contributed by atoms with E-state index in [9.17, 15) is 0 Å². The van der Waals surface area contributed by atoms with Gasteiger partial charge in [0.15, 0.2) is 23.0 Å². The molecule has 0 unspecified atom stereocenters. The lowest BCUT2D eigenvalue weighted by Gasteiger charge is -2.23. The lowest BCUT2D eigenvalue weighted by molar-refractivity contribution is 0.363. The molecule has 1 heterocycles. The molecule has 0 bridgehead atoms. The van der Waals surface area contributed by atoms with Crippen molar-refractivity contribution in [1.82, 2.24) is 0 Å². The van der Waals surface area contributed by atoms with Gasteiger partial charge in [0, 0.05) is 5.39 Å². The summed E-state index contributed by atoms with van der Waals surface area (Å²) in [4.78, 5) is 0. The first-order valence-electron chi connectivity index (χ1n) is 16.3. The van der Waals surface area contributed by atoms with Gasteiger partial charge in [0.1, 0.15) is 0 Å². The Balaban J connectivity index is 1.13. The number of rotatable bonds is 3. The fourth-order valence-corrected chi connectivity index (χ4v) is 7.51. The number of fused-ring (bicyclic) bond motifs is 7. The van der Waals surface area contributed by atoms with Crippen LogP contribution in [-0.4, -0.2) is 0 Å². The molecule has 10 rings (SSSR count). The monoisotopic (exact) mass is 612 g/mol. The van der Waals surface area contributed by atoms with Crippen molar-refractivity contribution in [3.8, 4) is 56.4 Å². The summed E-state index contributed by atoms with van der Waals surface area (Å²) in [6.45, 7) is 0. The number of para-hydroxylation sites is 2. The Kier molecular flexibility index (Phi) is 5.91. The smallest absolute Gasteiger partial charge is 0.177 e. The van der Waals surface area contributed by atoms with E-state index in [1.54, 1.807) is 0 Å². The highest BCUT2D eigenvalue weighted by Gasteiger charge is 2.23. The normalized spacial score (nSPS) is 12.1. The Hall–Kier alpha value is -6.38. The van der Waals surface area contributed by atoms with Crippen molar-refractivity contribution in [2.24, 2.45) is 0 Å². The van der Waals surface area contributed by atoms with E-state index in [0.29, 0.717) is 0 Å². The highest BCUT2D eigenvalue weighted by molar-refractivity contribution is 6.21. The second kappa shape index (κ2) is 10.6.